The third kappa shape index (κ3) is 5.36. The molecule has 0 bridgehead atoms. The zero-order valence-corrected chi connectivity index (χ0v) is 11.8. The van der Waals surface area contributed by atoms with Gasteiger partial charge >= 0.3 is 0 Å². The van der Waals surface area contributed by atoms with Crippen molar-refractivity contribution >= 4 is 0 Å². The SMILES string of the molecule is CCNC(CCCc1cccc(C)c1)C(C)C. The summed E-state index contributed by atoms with van der Waals surface area (Å²) in [4.78, 5) is 0. The Bertz CT molecular complexity index is 317. The average molecular weight is 233 g/mol. The summed E-state index contributed by atoms with van der Waals surface area (Å²) in [6.07, 6.45) is 3.76. The van der Waals surface area contributed by atoms with Gasteiger partial charge in [0.05, 0.1) is 0 Å². The van der Waals surface area contributed by atoms with Crippen LogP contribution in [0.3, 0.4) is 0 Å². The summed E-state index contributed by atoms with van der Waals surface area (Å²) in [5.74, 6) is 0.729. The van der Waals surface area contributed by atoms with Crippen LogP contribution in [0, 0.1) is 12.8 Å². The van der Waals surface area contributed by atoms with Gasteiger partial charge in [0.2, 0.25) is 0 Å². The van der Waals surface area contributed by atoms with Crippen LogP contribution in [0.2, 0.25) is 0 Å². The first-order valence-corrected chi connectivity index (χ1v) is 6.92. The first-order valence-electron chi connectivity index (χ1n) is 6.92. The minimum Gasteiger partial charge on any atom is -0.314 e. The van der Waals surface area contributed by atoms with Gasteiger partial charge in [0, 0.05) is 6.04 Å². The summed E-state index contributed by atoms with van der Waals surface area (Å²) in [5, 5.41) is 3.58. The Kier molecular flexibility index (Phi) is 6.28. The van der Waals surface area contributed by atoms with E-state index in [1.807, 2.05) is 0 Å². The highest BCUT2D eigenvalue weighted by atomic mass is 14.9. The van der Waals surface area contributed by atoms with Crippen LogP contribution in [0.4, 0.5) is 0 Å². The molecule has 1 nitrogen and oxygen atoms in total. The first kappa shape index (κ1) is 14.2. The van der Waals surface area contributed by atoms with Gasteiger partial charge in [-0.05, 0) is 44.2 Å². The molecule has 1 rings (SSSR count). The molecular formula is C16H27N. The molecule has 17 heavy (non-hydrogen) atoms. The quantitative estimate of drug-likeness (QED) is 0.752. The maximum absolute atomic E-state index is 3.58. The fourth-order valence-corrected chi connectivity index (χ4v) is 2.33. The lowest BCUT2D eigenvalue weighted by molar-refractivity contribution is 0.377. The second-order valence-electron chi connectivity index (χ2n) is 5.29. The molecule has 0 saturated carbocycles. The lowest BCUT2D eigenvalue weighted by Crippen LogP contribution is -2.33. The summed E-state index contributed by atoms with van der Waals surface area (Å²) < 4.78 is 0. The number of aryl methyl sites for hydroxylation is 2. The largest absolute Gasteiger partial charge is 0.314 e. The number of rotatable bonds is 7. The minimum atomic E-state index is 0.671. The molecule has 1 heteroatoms. The molecule has 1 atom stereocenters. The molecule has 0 aromatic heterocycles. The van der Waals surface area contributed by atoms with Gasteiger partial charge < -0.3 is 5.32 Å². The Morgan fingerprint density at radius 1 is 1.24 bits per heavy atom. The molecule has 0 spiro atoms. The molecule has 1 unspecified atom stereocenters. The van der Waals surface area contributed by atoms with Crippen LogP contribution >= 0.6 is 0 Å². The second kappa shape index (κ2) is 7.50. The van der Waals surface area contributed by atoms with Gasteiger partial charge in [-0.1, -0.05) is 50.6 Å². The Morgan fingerprint density at radius 3 is 2.59 bits per heavy atom. The number of hydrogen-bond acceptors (Lipinski definition) is 1. The molecule has 0 fully saturated rings. The van der Waals surface area contributed by atoms with Crippen molar-refractivity contribution in [2.75, 3.05) is 6.54 Å². The predicted octanol–water partition coefficient (Wildman–Crippen LogP) is 3.95. The van der Waals surface area contributed by atoms with Gasteiger partial charge in [0.15, 0.2) is 0 Å². The molecule has 0 aliphatic rings. The van der Waals surface area contributed by atoms with Crippen molar-refractivity contribution in [3.8, 4) is 0 Å². The molecular weight excluding hydrogens is 206 g/mol. The van der Waals surface area contributed by atoms with Crippen molar-refractivity contribution in [1.29, 1.82) is 0 Å². The lowest BCUT2D eigenvalue weighted by Gasteiger charge is -2.21. The van der Waals surface area contributed by atoms with E-state index in [4.69, 9.17) is 0 Å². The van der Waals surface area contributed by atoms with E-state index in [1.54, 1.807) is 0 Å². The van der Waals surface area contributed by atoms with E-state index in [0.29, 0.717) is 6.04 Å². The molecule has 0 heterocycles. The molecule has 0 saturated heterocycles. The topological polar surface area (TPSA) is 12.0 Å². The highest BCUT2D eigenvalue weighted by molar-refractivity contribution is 5.22. The van der Waals surface area contributed by atoms with Crippen molar-refractivity contribution in [1.82, 2.24) is 5.32 Å². The van der Waals surface area contributed by atoms with Crippen LogP contribution in [0.5, 0.6) is 0 Å². The molecule has 1 aromatic carbocycles. The van der Waals surface area contributed by atoms with Gasteiger partial charge in [-0.3, -0.25) is 0 Å². The van der Waals surface area contributed by atoms with Crippen molar-refractivity contribution in [3.05, 3.63) is 35.4 Å². The van der Waals surface area contributed by atoms with Crippen LogP contribution in [-0.2, 0) is 6.42 Å². The predicted molar refractivity (Wildman–Crippen MR) is 76.4 cm³/mol. The van der Waals surface area contributed by atoms with Gasteiger partial charge in [-0.15, -0.1) is 0 Å². The fourth-order valence-electron chi connectivity index (χ4n) is 2.33. The van der Waals surface area contributed by atoms with Crippen LogP contribution < -0.4 is 5.32 Å². The maximum Gasteiger partial charge on any atom is 0.00900 e. The monoisotopic (exact) mass is 233 g/mol. The first-order chi connectivity index (χ1) is 8.13. The van der Waals surface area contributed by atoms with E-state index in [9.17, 15) is 0 Å². The molecule has 0 amide bonds. The average Bonchev–Trinajstić information content (AvgIpc) is 2.28. The fraction of sp³-hybridized carbons (Fsp3) is 0.625. The smallest absolute Gasteiger partial charge is 0.00900 e. The van der Waals surface area contributed by atoms with E-state index in [-0.39, 0.29) is 0 Å². The van der Waals surface area contributed by atoms with E-state index in [0.717, 1.165) is 12.5 Å². The van der Waals surface area contributed by atoms with E-state index >= 15 is 0 Å². The van der Waals surface area contributed by atoms with Crippen LogP contribution in [0.25, 0.3) is 0 Å². The maximum atomic E-state index is 3.58. The molecule has 1 aromatic rings. The van der Waals surface area contributed by atoms with Gasteiger partial charge in [-0.2, -0.15) is 0 Å². The third-order valence-corrected chi connectivity index (χ3v) is 3.33. The summed E-state index contributed by atoms with van der Waals surface area (Å²) in [5.41, 5.74) is 2.85. The summed E-state index contributed by atoms with van der Waals surface area (Å²) in [6, 6.07) is 9.54. The van der Waals surface area contributed by atoms with Gasteiger partial charge in [-0.25, -0.2) is 0 Å². The van der Waals surface area contributed by atoms with Crippen molar-refractivity contribution in [2.24, 2.45) is 5.92 Å². The van der Waals surface area contributed by atoms with Crippen molar-refractivity contribution < 1.29 is 0 Å². The van der Waals surface area contributed by atoms with Crippen molar-refractivity contribution in [3.63, 3.8) is 0 Å². The molecule has 1 N–H and O–H groups in total. The Morgan fingerprint density at radius 2 is 2.00 bits per heavy atom. The van der Waals surface area contributed by atoms with Crippen LogP contribution in [-0.4, -0.2) is 12.6 Å². The second-order valence-corrected chi connectivity index (χ2v) is 5.29. The van der Waals surface area contributed by atoms with Gasteiger partial charge in [0.1, 0.15) is 0 Å². The minimum absolute atomic E-state index is 0.671. The molecule has 96 valence electrons. The van der Waals surface area contributed by atoms with E-state index in [1.165, 1.54) is 30.4 Å². The Balaban J connectivity index is 2.35. The highest BCUT2D eigenvalue weighted by Gasteiger charge is 2.10. The lowest BCUT2D eigenvalue weighted by atomic mass is 9.96. The van der Waals surface area contributed by atoms with Crippen molar-refractivity contribution in [2.45, 2.75) is 53.0 Å². The van der Waals surface area contributed by atoms with Crippen LogP contribution in [0.15, 0.2) is 24.3 Å². The summed E-state index contributed by atoms with van der Waals surface area (Å²) >= 11 is 0. The third-order valence-electron chi connectivity index (χ3n) is 3.33. The molecule has 0 radical (unpaired) electrons. The summed E-state index contributed by atoms with van der Waals surface area (Å²) in [7, 11) is 0. The molecule has 0 aliphatic heterocycles. The standard InChI is InChI=1S/C16H27N/c1-5-17-16(13(2)3)11-7-10-15-9-6-8-14(4)12-15/h6,8-9,12-13,16-17H,5,7,10-11H2,1-4H3. The number of nitrogens with one attached hydrogen (secondary N) is 1. The molecule has 0 aliphatic carbocycles. The van der Waals surface area contributed by atoms with Gasteiger partial charge in [0.25, 0.3) is 0 Å². The normalized spacial score (nSPS) is 13.0. The number of hydrogen-bond donors (Lipinski definition) is 1. The number of benzene rings is 1. The summed E-state index contributed by atoms with van der Waals surface area (Å²) in [6.45, 7) is 10.0. The zero-order valence-electron chi connectivity index (χ0n) is 11.8. The van der Waals surface area contributed by atoms with E-state index < -0.39 is 0 Å². The van der Waals surface area contributed by atoms with Crippen LogP contribution in [0.1, 0.15) is 44.7 Å². The Labute approximate surface area is 107 Å². The highest BCUT2D eigenvalue weighted by Crippen LogP contribution is 2.13. The zero-order chi connectivity index (χ0) is 12.7. The Hall–Kier alpha value is -0.820. The van der Waals surface area contributed by atoms with E-state index in [2.05, 4.69) is 57.3 Å².